The minimum atomic E-state index is -2.12. The molecule has 0 aliphatic carbocycles. The van der Waals surface area contributed by atoms with Gasteiger partial charge >= 0.3 is 107 Å². The zero-order valence-electron chi connectivity index (χ0n) is 10.1. The van der Waals surface area contributed by atoms with Gasteiger partial charge in [0.2, 0.25) is 0 Å². The SMILES string of the molecule is Cc1c(C)c(C)c([Se][Se]C(F)F)c(C)c1C. The Morgan fingerprint density at radius 2 is 1.12 bits per heavy atom. The molecule has 0 aliphatic rings. The third-order valence-electron chi connectivity index (χ3n) is 3.14. The van der Waals surface area contributed by atoms with Crippen LogP contribution in [0.1, 0.15) is 27.8 Å². The van der Waals surface area contributed by atoms with Gasteiger partial charge in [-0.05, 0) is 0 Å². The summed E-state index contributed by atoms with van der Waals surface area (Å²) >= 11 is -0.574. The van der Waals surface area contributed by atoms with Crippen LogP contribution >= 0.6 is 0 Å². The van der Waals surface area contributed by atoms with E-state index < -0.39 is 18.5 Å². The molecule has 0 saturated heterocycles. The van der Waals surface area contributed by atoms with Crippen molar-refractivity contribution in [1.29, 1.82) is 0 Å². The Hall–Kier alpha value is 0.119. The van der Waals surface area contributed by atoms with Crippen LogP contribution in [0.3, 0.4) is 0 Å². The Balaban J connectivity index is 3.18. The molecule has 0 N–H and O–H groups in total. The molecule has 0 spiro atoms. The second-order valence-corrected chi connectivity index (χ2v) is 10.2. The molecule has 0 nitrogen and oxygen atoms in total. The fourth-order valence-electron chi connectivity index (χ4n) is 1.68. The van der Waals surface area contributed by atoms with Crippen LogP contribution < -0.4 is 4.46 Å². The van der Waals surface area contributed by atoms with E-state index in [1.807, 2.05) is 0 Å². The predicted molar refractivity (Wildman–Crippen MR) is 67.3 cm³/mol. The Bertz CT molecular complexity index is 371. The monoisotopic (exact) mass is 358 g/mol. The van der Waals surface area contributed by atoms with Crippen molar-refractivity contribution in [3.8, 4) is 0 Å². The van der Waals surface area contributed by atoms with E-state index in [0.717, 1.165) is 0 Å². The number of halogens is 2. The van der Waals surface area contributed by atoms with Crippen molar-refractivity contribution in [1.82, 2.24) is 0 Å². The van der Waals surface area contributed by atoms with Crippen LogP contribution in [0.5, 0.6) is 0 Å². The second-order valence-electron chi connectivity index (χ2n) is 3.89. The van der Waals surface area contributed by atoms with E-state index in [9.17, 15) is 8.78 Å². The molecule has 4 heteroatoms. The maximum atomic E-state index is 12.3. The van der Waals surface area contributed by atoms with Crippen LogP contribution in [-0.2, 0) is 0 Å². The first-order valence-corrected chi connectivity index (χ1v) is 11.2. The Kier molecular flexibility index (Phi) is 5.00. The van der Waals surface area contributed by atoms with Crippen LogP contribution in [0.4, 0.5) is 8.78 Å². The molecule has 0 atom stereocenters. The van der Waals surface area contributed by atoms with Gasteiger partial charge in [0.25, 0.3) is 0 Å². The third kappa shape index (κ3) is 2.87. The normalized spacial score (nSPS) is 11.2. The van der Waals surface area contributed by atoms with Gasteiger partial charge in [0.05, 0.1) is 0 Å². The molecule has 1 aromatic carbocycles. The molecule has 0 saturated carbocycles. The number of benzene rings is 1. The van der Waals surface area contributed by atoms with Gasteiger partial charge in [-0.25, -0.2) is 0 Å². The molecule has 1 aromatic rings. The summed E-state index contributed by atoms with van der Waals surface area (Å²) < 4.78 is 25.8. The van der Waals surface area contributed by atoms with E-state index >= 15 is 0 Å². The summed E-state index contributed by atoms with van der Waals surface area (Å²) in [5.41, 5.74) is 6.29. The number of rotatable bonds is 3. The van der Waals surface area contributed by atoms with Crippen LogP contribution in [0, 0.1) is 34.6 Å². The van der Waals surface area contributed by atoms with E-state index in [4.69, 9.17) is 0 Å². The predicted octanol–water partition coefficient (Wildman–Crippen LogP) is 2.40. The van der Waals surface area contributed by atoms with Crippen molar-refractivity contribution in [3.05, 3.63) is 27.8 Å². The molecule has 0 bridgehead atoms. The molecule has 0 radical (unpaired) electrons. The summed E-state index contributed by atoms with van der Waals surface area (Å²) in [4.78, 5) is 0. The maximum absolute atomic E-state index is 12.3. The van der Waals surface area contributed by atoms with Crippen LogP contribution in [0.15, 0.2) is 0 Å². The molecule has 0 aliphatic heterocycles. The van der Waals surface area contributed by atoms with E-state index in [-0.39, 0.29) is 13.1 Å². The van der Waals surface area contributed by atoms with Crippen molar-refractivity contribution in [2.24, 2.45) is 0 Å². The Morgan fingerprint density at radius 3 is 1.50 bits per heavy atom. The van der Waals surface area contributed by atoms with E-state index in [1.165, 1.54) is 32.3 Å². The Labute approximate surface area is 107 Å². The van der Waals surface area contributed by atoms with Gasteiger partial charge in [0, 0.05) is 0 Å². The summed E-state index contributed by atoms with van der Waals surface area (Å²) in [6, 6.07) is 0. The minimum absolute atomic E-state index is 0.0431. The topological polar surface area (TPSA) is 0 Å². The van der Waals surface area contributed by atoms with Crippen molar-refractivity contribution >= 4 is 30.7 Å². The molecule has 0 heterocycles. The standard InChI is InChI=1S/C12H16F2Se2/c1-6-7(2)9(4)11(10(5)8(6)3)15-16-12(13)14/h12H,1-5H3. The molecule has 0 aromatic heterocycles. The van der Waals surface area contributed by atoms with Gasteiger partial charge in [0.1, 0.15) is 0 Å². The number of hydrogen-bond acceptors (Lipinski definition) is 0. The van der Waals surface area contributed by atoms with Gasteiger partial charge in [0.15, 0.2) is 0 Å². The quantitative estimate of drug-likeness (QED) is 0.730. The van der Waals surface area contributed by atoms with E-state index in [0.29, 0.717) is 0 Å². The summed E-state index contributed by atoms with van der Waals surface area (Å²) in [5.74, 6) is 0. The zero-order valence-corrected chi connectivity index (χ0v) is 13.6. The summed E-state index contributed by atoms with van der Waals surface area (Å²) in [6.45, 7) is 10.4. The van der Waals surface area contributed by atoms with Gasteiger partial charge in [-0.1, -0.05) is 0 Å². The van der Waals surface area contributed by atoms with Gasteiger partial charge < -0.3 is 0 Å². The van der Waals surface area contributed by atoms with Crippen molar-refractivity contribution in [3.63, 3.8) is 0 Å². The summed E-state index contributed by atoms with van der Waals surface area (Å²) in [6.07, 6.45) is 0. The number of hydrogen-bond donors (Lipinski definition) is 0. The summed E-state index contributed by atoms with van der Waals surface area (Å²) in [5, 5.41) is -2.12. The van der Waals surface area contributed by atoms with Crippen LogP contribution in [-0.4, -0.2) is 31.6 Å². The fraction of sp³-hybridized carbons (Fsp3) is 0.500. The average Bonchev–Trinajstić information content (AvgIpc) is 2.23. The third-order valence-corrected chi connectivity index (χ3v) is 9.73. The van der Waals surface area contributed by atoms with Crippen LogP contribution in [0.25, 0.3) is 0 Å². The molecule has 90 valence electrons. The van der Waals surface area contributed by atoms with E-state index in [2.05, 4.69) is 34.6 Å². The molecule has 16 heavy (non-hydrogen) atoms. The first kappa shape index (κ1) is 14.2. The van der Waals surface area contributed by atoms with Crippen molar-refractivity contribution in [2.45, 2.75) is 39.9 Å². The fourth-order valence-corrected chi connectivity index (χ4v) is 7.76. The van der Waals surface area contributed by atoms with Gasteiger partial charge in [-0.2, -0.15) is 0 Å². The van der Waals surface area contributed by atoms with Crippen LogP contribution in [0.2, 0.25) is 0 Å². The molecule has 0 unspecified atom stereocenters. The number of alkyl halides is 2. The second kappa shape index (κ2) is 5.64. The summed E-state index contributed by atoms with van der Waals surface area (Å²) in [7, 11) is 0. The molecular formula is C12H16F2Se2. The first-order valence-electron chi connectivity index (χ1n) is 5.04. The molecular weight excluding hydrogens is 340 g/mol. The Morgan fingerprint density at radius 1 is 0.750 bits per heavy atom. The van der Waals surface area contributed by atoms with Crippen molar-refractivity contribution in [2.75, 3.05) is 0 Å². The van der Waals surface area contributed by atoms with Crippen molar-refractivity contribution < 1.29 is 8.78 Å². The van der Waals surface area contributed by atoms with E-state index in [1.54, 1.807) is 0 Å². The molecule has 0 fully saturated rings. The molecule has 1 rings (SSSR count). The van der Waals surface area contributed by atoms with Gasteiger partial charge in [-0.3, -0.25) is 0 Å². The molecule has 0 amide bonds. The average molecular weight is 356 g/mol. The zero-order chi connectivity index (χ0) is 12.5. The first-order chi connectivity index (χ1) is 7.36. The van der Waals surface area contributed by atoms with Gasteiger partial charge in [-0.15, -0.1) is 0 Å².